The Balaban J connectivity index is 1.89. The highest BCUT2D eigenvalue weighted by molar-refractivity contribution is 5.99. The van der Waals surface area contributed by atoms with Crippen molar-refractivity contribution in [1.29, 1.82) is 0 Å². The zero-order valence-electron chi connectivity index (χ0n) is 21.1. The van der Waals surface area contributed by atoms with Gasteiger partial charge in [-0.3, -0.25) is 14.4 Å². The number of ether oxygens (including phenoxy) is 2. The fourth-order valence-electron chi connectivity index (χ4n) is 5.97. The molecule has 0 aromatic heterocycles. The fourth-order valence-corrected chi connectivity index (χ4v) is 5.97. The molecule has 7 atom stereocenters. The van der Waals surface area contributed by atoms with Gasteiger partial charge in [0.25, 0.3) is 0 Å². The van der Waals surface area contributed by atoms with E-state index in [2.05, 4.69) is 0 Å². The van der Waals surface area contributed by atoms with Gasteiger partial charge in [0.05, 0.1) is 30.8 Å². The summed E-state index contributed by atoms with van der Waals surface area (Å²) < 4.78 is 12.3. The van der Waals surface area contributed by atoms with Crippen LogP contribution in [0.2, 0.25) is 0 Å². The highest BCUT2D eigenvalue weighted by atomic mass is 16.6. The number of fused-ring (bicyclic) bond motifs is 2. The molecule has 1 spiro atoms. The summed E-state index contributed by atoms with van der Waals surface area (Å²) in [5.74, 6) is -2.90. The Kier molecular flexibility index (Phi) is 6.44. The molecule has 4 heterocycles. The Bertz CT molecular complexity index is 905. The Hall–Kier alpha value is -2.19. The van der Waals surface area contributed by atoms with E-state index in [0.717, 1.165) is 6.42 Å². The number of amides is 2. The van der Waals surface area contributed by atoms with Gasteiger partial charge in [-0.2, -0.15) is 0 Å². The molecule has 8 heteroatoms. The molecule has 188 valence electrons. The van der Waals surface area contributed by atoms with Crippen LogP contribution in [0, 0.1) is 17.8 Å². The molecule has 0 aliphatic carbocycles. The number of hydrogen-bond acceptors (Lipinski definition) is 6. The minimum Gasteiger partial charge on any atom is -0.462 e. The number of allylic oxidation sites excluding steroid dienone is 1. The van der Waals surface area contributed by atoms with E-state index in [1.165, 1.54) is 4.90 Å². The molecule has 2 fully saturated rings. The molecule has 4 unspecified atom stereocenters. The number of rotatable bonds is 3. The minimum atomic E-state index is -1.31. The number of cyclic esters (lactones) is 1. The van der Waals surface area contributed by atoms with Crippen molar-refractivity contribution in [3.8, 4) is 0 Å². The van der Waals surface area contributed by atoms with Gasteiger partial charge in [0.2, 0.25) is 11.8 Å². The van der Waals surface area contributed by atoms with Crippen molar-refractivity contribution in [2.45, 2.75) is 89.8 Å². The first-order valence-corrected chi connectivity index (χ1v) is 12.4. The van der Waals surface area contributed by atoms with Crippen LogP contribution in [0.25, 0.3) is 0 Å². The van der Waals surface area contributed by atoms with E-state index in [1.807, 2.05) is 65.8 Å². The lowest BCUT2D eigenvalue weighted by molar-refractivity contribution is -0.160. The highest BCUT2D eigenvalue weighted by Crippen LogP contribution is 2.54. The molecular weight excluding hydrogens is 436 g/mol. The Morgan fingerprint density at radius 1 is 1.18 bits per heavy atom. The monoisotopic (exact) mass is 474 g/mol. The van der Waals surface area contributed by atoms with Crippen LogP contribution in [0.4, 0.5) is 0 Å². The summed E-state index contributed by atoms with van der Waals surface area (Å²) >= 11 is 0. The number of aliphatic hydroxyl groups excluding tert-OH is 1. The second-order valence-electron chi connectivity index (χ2n) is 11.4. The first-order valence-electron chi connectivity index (χ1n) is 12.4. The van der Waals surface area contributed by atoms with Crippen molar-refractivity contribution in [1.82, 2.24) is 9.80 Å². The maximum atomic E-state index is 14.1. The quantitative estimate of drug-likeness (QED) is 0.497. The third-order valence-electron chi connectivity index (χ3n) is 7.71. The summed E-state index contributed by atoms with van der Waals surface area (Å²) in [4.78, 5) is 44.9. The summed E-state index contributed by atoms with van der Waals surface area (Å²) in [6.07, 6.45) is 8.00. The molecule has 4 aliphatic rings. The van der Waals surface area contributed by atoms with E-state index < -0.39 is 47.1 Å². The van der Waals surface area contributed by atoms with Crippen LogP contribution in [-0.4, -0.2) is 81.3 Å². The zero-order valence-corrected chi connectivity index (χ0v) is 21.1. The van der Waals surface area contributed by atoms with Crippen LogP contribution >= 0.6 is 0 Å². The van der Waals surface area contributed by atoms with Crippen molar-refractivity contribution >= 4 is 17.8 Å². The summed E-state index contributed by atoms with van der Waals surface area (Å²) in [6.45, 7) is 11.6. The standard InChI is InChI=1S/C26H38N2O6/c1-15(2)17(14-29)28-21-23(31)27(25(4,5)6)13-9-12-26(21)20(22(28)30)19-18(34-26)11-8-7-10-16(3)33-24(19)32/h8-9,11-12,15-21,29H,7,10,13-14H2,1-6H3/b11-8-/t16?,17?,18-,19?,20+,21-,26?/m1/s1. The molecule has 2 amide bonds. The van der Waals surface area contributed by atoms with E-state index >= 15 is 0 Å². The predicted molar refractivity (Wildman–Crippen MR) is 125 cm³/mol. The third kappa shape index (κ3) is 3.79. The van der Waals surface area contributed by atoms with E-state index in [0.29, 0.717) is 13.0 Å². The number of likely N-dealkylation sites (tertiary alicyclic amines) is 1. The van der Waals surface area contributed by atoms with Crippen molar-refractivity contribution in [2.75, 3.05) is 13.2 Å². The lowest BCUT2D eigenvalue weighted by atomic mass is 9.78. The molecule has 0 bridgehead atoms. The molecule has 1 N–H and O–H groups in total. The molecule has 4 rings (SSSR count). The number of esters is 1. The molecule has 0 aromatic carbocycles. The van der Waals surface area contributed by atoms with Gasteiger partial charge >= 0.3 is 5.97 Å². The number of carbonyl (C=O) groups is 3. The summed E-state index contributed by atoms with van der Waals surface area (Å²) in [6, 6.07) is -1.56. The van der Waals surface area contributed by atoms with E-state index in [9.17, 15) is 19.5 Å². The van der Waals surface area contributed by atoms with Gasteiger partial charge in [-0.05, 0) is 46.5 Å². The molecule has 0 radical (unpaired) electrons. The number of hydrogen-bond donors (Lipinski definition) is 1. The van der Waals surface area contributed by atoms with Crippen LogP contribution in [0.15, 0.2) is 24.3 Å². The second-order valence-corrected chi connectivity index (χ2v) is 11.4. The van der Waals surface area contributed by atoms with E-state index in [1.54, 1.807) is 4.90 Å². The van der Waals surface area contributed by atoms with Crippen molar-refractivity contribution in [3.05, 3.63) is 24.3 Å². The van der Waals surface area contributed by atoms with Crippen molar-refractivity contribution in [3.63, 3.8) is 0 Å². The first kappa shape index (κ1) is 24.9. The van der Waals surface area contributed by atoms with Gasteiger partial charge in [-0.15, -0.1) is 0 Å². The predicted octanol–water partition coefficient (Wildman–Crippen LogP) is 2.06. The van der Waals surface area contributed by atoms with Gasteiger partial charge in [0.15, 0.2) is 0 Å². The Morgan fingerprint density at radius 2 is 1.88 bits per heavy atom. The molecule has 0 saturated carbocycles. The number of nitrogens with zero attached hydrogens (tertiary/aromatic N) is 2. The molecule has 34 heavy (non-hydrogen) atoms. The van der Waals surface area contributed by atoms with Gasteiger partial charge in [-0.1, -0.05) is 38.2 Å². The van der Waals surface area contributed by atoms with Crippen molar-refractivity contribution < 1.29 is 29.0 Å². The summed E-state index contributed by atoms with van der Waals surface area (Å²) in [5, 5.41) is 10.3. The summed E-state index contributed by atoms with van der Waals surface area (Å²) in [5.41, 5.74) is -1.80. The normalized spacial score (nSPS) is 37.9. The topological polar surface area (TPSA) is 96.4 Å². The maximum absolute atomic E-state index is 14.1. The molecule has 8 nitrogen and oxygen atoms in total. The van der Waals surface area contributed by atoms with Gasteiger partial charge in [0, 0.05) is 12.1 Å². The first-order chi connectivity index (χ1) is 15.9. The second kappa shape index (κ2) is 8.79. The van der Waals surface area contributed by atoms with Crippen LogP contribution in [-0.2, 0) is 23.9 Å². The number of aliphatic hydroxyl groups is 1. The maximum Gasteiger partial charge on any atom is 0.313 e. The fraction of sp³-hybridized carbons (Fsp3) is 0.731. The largest absolute Gasteiger partial charge is 0.462 e. The third-order valence-corrected chi connectivity index (χ3v) is 7.71. The van der Waals surface area contributed by atoms with Gasteiger partial charge < -0.3 is 24.4 Å². The summed E-state index contributed by atoms with van der Waals surface area (Å²) in [7, 11) is 0. The van der Waals surface area contributed by atoms with Crippen LogP contribution in [0.5, 0.6) is 0 Å². The van der Waals surface area contributed by atoms with Gasteiger partial charge in [-0.25, -0.2) is 0 Å². The van der Waals surface area contributed by atoms with Crippen LogP contribution < -0.4 is 0 Å². The van der Waals surface area contributed by atoms with E-state index in [4.69, 9.17) is 9.47 Å². The molecule has 2 saturated heterocycles. The lowest BCUT2D eigenvalue weighted by Gasteiger charge is -2.42. The smallest absolute Gasteiger partial charge is 0.313 e. The SMILES string of the molecule is CC1CC/C=C\[C@H]2OC34C=CCN(C(C)(C)C)C(=O)[C@H]3N(C(CO)C(C)C)C(=O)[C@@H]4C2C(=O)O1. The van der Waals surface area contributed by atoms with Crippen molar-refractivity contribution in [2.24, 2.45) is 17.8 Å². The Labute approximate surface area is 201 Å². The number of carbonyl (C=O) groups excluding carboxylic acids is 3. The van der Waals surface area contributed by atoms with Crippen LogP contribution in [0.1, 0.15) is 54.4 Å². The Morgan fingerprint density at radius 3 is 2.50 bits per heavy atom. The zero-order chi connectivity index (χ0) is 25.0. The molecule has 4 aliphatic heterocycles. The highest BCUT2D eigenvalue weighted by Gasteiger charge is 2.73. The average Bonchev–Trinajstić information content (AvgIpc) is 3.13. The van der Waals surface area contributed by atoms with E-state index in [-0.39, 0.29) is 30.4 Å². The van der Waals surface area contributed by atoms with Gasteiger partial charge in [0.1, 0.15) is 17.6 Å². The molecule has 0 aromatic rings. The van der Waals surface area contributed by atoms with Crippen LogP contribution in [0.3, 0.4) is 0 Å². The average molecular weight is 475 g/mol. The lowest BCUT2D eigenvalue weighted by Crippen LogP contribution is -2.61. The minimum absolute atomic E-state index is 0.101. The molecular formula is C26H38N2O6.